The van der Waals surface area contributed by atoms with Gasteiger partial charge in [0.25, 0.3) is 10.0 Å². The molecule has 10 heteroatoms. The number of carbonyl (C=O) groups excluding carboxylic acids is 1. The van der Waals surface area contributed by atoms with Crippen LogP contribution in [0.4, 0.5) is 6.01 Å². The fraction of sp³-hybridized carbons (Fsp3) is 0.350. The van der Waals surface area contributed by atoms with Crippen LogP contribution in [0.3, 0.4) is 0 Å². The van der Waals surface area contributed by atoms with E-state index in [2.05, 4.69) is 15.5 Å². The number of nitrogens with zero attached hydrogens (tertiary/aromatic N) is 3. The molecule has 1 unspecified atom stereocenters. The molecule has 0 spiro atoms. The Morgan fingerprint density at radius 1 is 1.20 bits per heavy atom. The number of piperidine rings is 1. The third-order valence-electron chi connectivity index (χ3n) is 5.22. The molecule has 30 heavy (non-hydrogen) atoms. The minimum absolute atomic E-state index is 0.0488. The molecule has 0 radical (unpaired) electrons. The Morgan fingerprint density at radius 2 is 2.03 bits per heavy atom. The second kappa shape index (κ2) is 8.29. The molecular weight excluding hydrogens is 424 g/mol. The number of hydrogen-bond acceptors (Lipinski definition) is 7. The smallest absolute Gasteiger partial charge is 0.322 e. The first-order valence-electron chi connectivity index (χ1n) is 9.63. The van der Waals surface area contributed by atoms with Gasteiger partial charge in [0.2, 0.25) is 11.8 Å². The second-order valence-electron chi connectivity index (χ2n) is 7.26. The summed E-state index contributed by atoms with van der Waals surface area (Å²) in [6.45, 7) is 4.30. The summed E-state index contributed by atoms with van der Waals surface area (Å²) in [6.07, 6.45) is 1.92. The number of anilines is 1. The van der Waals surface area contributed by atoms with E-state index in [9.17, 15) is 13.2 Å². The van der Waals surface area contributed by atoms with Crippen molar-refractivity contribution >= 4 is 33.3 Å². The fourth-order valence-corrected chi connectivity index (χ4v) is 6.21. The van der Waals surface area contributed by atoms with Crippen LogP contribution < -0.4 is 5.32 Å². The first-order chi connectivity index (χ1) is 14.4. The van der Waals surface area contributed by atoms with Crippen LogP contribution >= 0.6 is 11.3 Å². The van der Waals surface area contributed by atoms with Crippen molar-refractivity contribution in [1.82, 2.24) is 14.5 Å². The lowest BCUT2D eigenvalue weighted by Crippen LogP contribution is -2.49. The number of amides is 1. The fourth-order valence-electron chi connectivity index (χ4n) is 3.43. The van der Waals surface area contributed by atoms with Crippen molar-refractivity contribution in [2.45, 2.75) is 43.4 Å². The molecule has 1 fully saturated rings. The summed E-state index contributed by atoms with van der Waals surface area (Å²) in [4.78, 5) is 12.9. The van der Waals surface area contributed by atoms with Crippen LogP contribution in [0, 0.1) is 13.8 Å². The lowest BCUT2D eigenvalue weighted by Gasteiger charge is -2.32. The summed E-state index contributed by atoms with van der Waals surface area (Å²) < 4.78 is 33.0. The van der Waals surface area contributed by atoms with Crippen LogP contribution in [0.1, 0.15) is 30.4 Å². The molecular formula is C20H22N4O4S2. The van der Waals surface area contributed by atoms with E-state index in [0.29, 0.717) is 25.3 Å². The van der Waals surface area contributed by atoms with E-state index in [1.165, 1.54) is 4.31 Å². The molecule has 4 rings (SSSR count). The summed E-state index contributed by atoms with van der Waals surface area (Å²) >= 11 is 1.14. The van der Waals surface area contributed by atoms with E-state index in [0.717, 1.165) is 34.4 Å². The minimum Gasteiger partial charge on any atom is -0.403 e. The van der Waals surface area contributed by atoms with Gasteiger partial charge in [-0.15, -0.1) is 16.4 Å². The largest absolute Gasteiger partial charge is 0.403 e. The molecule has 1 amide bonds. The van der Waals surface area contributed by atoms with Gasteiger partial charge in [0.05, 0.1) is 0 Å². The molecule has 0 saturated carbocycles. The topological polar surface area (TPSA) is 105 Å². The Labute approximate surface area is 179 Å². The van der Waals surface area contributed by atoms with Crippen LogP contribution in [0.5, 0.6) is 0 Å². The van der Waals surface area contributed by atoms with Gasteiger partial charge in [-0.2, -0.15) is 4.31 Å². The molecule has 1 saturated heterocycles. The molecule has 1 atom stereocenters. The summed E-state index contributed by atoms with van der Waals surface area (Å²) in [6, 6.07) is 8.14. The van der Waals surface area contributed by atoms with E-state index < -0.39 is 22.0 Å². The quantitative estimate of drug-likeness (QED) is 0.642. The maximum absolute atomic E-state index is 13.0. The first-order valence-corrected chi connectivity index (χ1v) is 12.0. The lowest BCUT2D eigenvalue weighted by molar-refractivity contribution is -0.120. The third kappa shape index (κ3) is 4.03. The van der Waals surface area contributed by atoms with E-state index >= 15 is 0 Å². The van der Waals surface area contributed by atoms with E-state index in [1.54, 1.807) is 17.5 Å². The Balaban J connectivity index is 1.53. The maximum atomic E-state index is 13.0. The molecule has 1 N–H and O–H groups in total. The van der Waals surface area contributed by atoms with Gasteiger partial charge in [0, 0.05) is 12.1 Å². The van der Waals surface area contributed by atoms with Gasteiger partial charge in [-0.1, -0.05) is 23.7 Å². The van der Waals surface area contributed by atoms with Crippen molar-refractivity contribution in [3.63, 3.8) is 0 Å². The average Bonchev–Trinajstić information content (AvgIpc) is 3.43. The molecule has 158 valence electrons. The highest BCUT2D eigenvalue weighted by Crippen LogP contribution is 2.29. The van der Waals surface area contributed by atoms with Gasteiger partial charge in [-0.3, -0.25) is 10.1 Å². The molecule has 2 aromatic heterocycles. The van der Waals surface area contributed by atoms with Gasteiger partial charge in [0.15, 0.2) is 0 Å². The minimum atomic E-state index is -3.73. The van der Waals surface area contributed by atoms with Crippen molar-refractivity contribution in [2.24, 2.45) is 0 Å². The number of aryl methyl sites for hydroxylation is 2. The molecule has 0 bridgehead atoms. The highest BCUT2D eigenvalue weighted by molar-refractivity contribution is 7.91. The van der Waals surface area contributed by atoms with Crippen LogP contribution in [-0.2, 0) is 14.8 Å². The number of nitrogens with one attached hydrogen (secondary N) is 1. The molecule has 1 aromatic carbocycles. The van der Waals surface area contributed by atoms with E-state index in [-0.39, 0.29) is 10.2 Å². The van der Waals surface area contributed by atoms with Gasteiger partial charge in [0.1, 0.15) is 10.3 Å². The zero-order valence-corrected chi connectivity index (χ0v) is 18.3. The van der Waals surface area contributed by atoms with Gasteiger partial charge >= 0.3 is 6.01 Å². The Kier molecular flexibility index (Phi) is 5.72. The number of aromatic nitrogens is 2. The highest BCUT2D eigenvalue weighted by atomic mass is 32.2. The Morgan fingerprint density at radius 3 is 2.77 bits per heavy atom. The summed E-state index contributed by atoms with van der Waals surface area (Å²) in [7, 11) is -3.73. The monoisotopic (exact) mass is 446 g/mol. The summed E-state index contributed by atoms with van der Waals surface area (Å²) in [5, 5.41) is 12.2. The average molecular weight is 447 g/mol. The predicted molar refractivity (Wildman–Crippen MR) is 114 cm³/mol. The zero-order chi connectivity index (χ0) is 21.3. The number of sulfonamides is 1. The number of thiophene rings is 1. The van der Waals surface area contributed by atoms with Crippen molar-refractivity contribution in [2.75, 3.05) is 11.9 Å². The molecule has 3 heterocycles. The Bertz CT molecular complexity index is 1160. The molecule has 3 aromatic rings. The molecule has 1 aliphatic rings. The first kappa shape index (κ1) is 20.7. The van der Waals surface area contributed by atoms with Crippen molar-refractivity contribution in [1.29, 1.82) is 0 Å². The van der Waals surface area contributed by atoms with E-state index in [4.69, 9.17) is 4.42 Å². The molecule has 8 nitrogen and oxygen atoms in total. The zero-order valence-electron chi connectivity index (χ0n) is 16.7. The summed E-state index contributed by atoms with van der Waals surface area (Å²) in [5.74, 6) is -0.176. The van der Waals surface area contributed by atoms with E-state index in [1.807, 2.05) is 32.0 Å². The van der Waals surface area contributed by atoms with Crippen LogP contribution in [0.2, 0.25) is 0 Å². The highest BCUT2D eigenvalue weighted by Gasteiger charge is 2.38. The number of carbonyl (C=O) groups is 1. The van der Waals surface area contributed by atoms with Gasteiger partial charge in [-0.25, -0.2) is 8.42 Å². The number of hydrogen-bond donors (Lipinski definition) is 1. The second-order valence-corrected chi connectivity index (χ2v) is 10.3. The van der Waals surface area contributed by atoms with Crippen LogP contribution in [0.25, 0.3) is 11.5 Å². The third-order valence-corrected chi connectivity index (χ3v) is 8.50. The summed E-state index contributed by atoms with van der Waals surface area (Å²) in [5.41, 5.74) is 3.00. The van der Waals surface area contributed by atoms with Crippen LogP contribution in [-0.4, -0.2) is 41.4 Å². The Hall–Kier alpha value is -2.56. The molecule has 0 aliphatic carbocycles. The SMILES string of the molecule is Cc1ccc(-c2nnc(NC(=O)C3CCCCN3S(=O)(=O)c3cccs3)o2)cc1C. The van der Waals surface area contributed by atoms with Crippen molar-refractivity contribution in [3.05, 3.63) is 46.8 Å². The van der Waals surface area contributed by atoms with Crippen LogP contribution in [0.15, 0.2) is 44.3 Å². The van der Waals surface area contributed by atoms with Crippen molar-refractivity contribution in [3.8, 4) is 11.5 Å². The van der Waals surface area contributed by atoms with Gasteiger partial charge in [-0.05, 0) is 61.4 Å². The van der Waals surface area contributed by atoms with Gasteiger partial charge < -0.3 is 4.42 Å². The predicted octanol–water partition coefficient (Wildman–Crippen LogP) is 3.60. The van der Waals surface area contributed by atoms with Crippen molar-refractivity contribution < 1.29 is 17.6 Å². The lowest BCUT2D eigenvalue weighted by atomic mass is 10.0. The normalized spacial score (nSPS) is 17.7. The molecule has 1 aliphatic heterocycles. The number of rotatable bonds is 5. The standard InChI is InChI=1S/C20H22N4O4S2/c1-13-8-9-15(12-14(13)2)19-22-23-20(28-19)21-18(25)16-6-3-4-10-24(16)30(26,27)17-7-5-11-29-17/h5,7-9,11-12,16H,3-4,6,10H2,1-2H3,(H,21,23,25). The maximum Gasteiger partial charge on any atom is 0.322 e. The number of benzene rings is 1.